The van der Waals surface area contributed by atoms with Gasteiger partial charge < -0.3 is 9.32 Å². The standard InChI is InChI=1S/C10H12N2O2/c1-10(2,7-11)12(3)9(13)8-5-4-6-14-8/h4-6H,1-3H3. The van der Waals surface area contributed by atoms with Crippen molar-refractivity contribution in [3.8, 4) is 6.07 Å². The van der Waals surface area contributed by atoms with Crippen molar-refractivity contribution in [3.63, 3.8) is 0 Å². The van der Waals surface area contributed by atoms with Gasteiger partial charge in [0.2, 0.25) is 0 Å². The Bertz CT molecular complexity index is 360. The molecule has 0 saturated heterocycles. The van der Waals surface area contributed by atoms with Gasteiger partial charge in [0.1, 0.15) is 5.54 Å². The van der Waals surface area contributed by atoms with Crippen molar-refractivity contribution in [2.75, 3.05) is 7.05 Å². The van der Waals surface area contributed by atoms with E-state index >= 15 is 0 Å². The number of hydrogen-bond acceptors (Lipinski definition) is 3. The Morgan fingerprint density at radius 1 is 1.64 bits per heavy atom. The predicted molar refractivity (Wildman–Crippen MR) is 50.5 cm³/mol. The van der Waals surface area contributed by atoms with Crippen molar-refractivity contribution in [3.05, 3.63) is 24.2 Å². The Balaban J connectivity index is 2.88. The fraction of sp³-hybridized carbons (Fsp3) is 0.400. The number of amides is 1. The zero-order valence-corrected chi connectivity index (χ0v) is 8.44. The number of carbonyl (C=O) groups is 1. The first-order valence-corrected chi connectivity index (χ1v) is 4.22. The number of nitriles is 1. The van der Waals surface area contributed by atoms with Crippen molar-refractivity contribution in [1.29, 1.82) is 5.26 Å². The van der Waals surface area contributed by atoms with Crippen LogP contribution in [0.1, 0.15) is 24.4 Å². The van der Waals surface area contributed by atoms with Crippen LogP contribution in [0.25, 0.3) is 0 Å². The molecule has 4 nitrogen and oxygen atoms in total. The molecule has 1 heterocycles. The maximum Gasteiger partial charge on any atom is 0.290 e. The Morgan fingerprint density at radius 2 is 2.29 bits per heavy atom. The minimum Gasteiger partial charge on any atom is -0.459 e. The van der Waals surface area contributed by atoms with Crippen molar-refractivity contribution in [1.82, 2.24) is 4.90 Å². The molecule has 0 unspecified atom stereocenters. The van der Waals surface area contributed by atoms with Crippen LogP contribution in [0.3, 0.4) is 0 Å². The summed E-state index contributed by atoms with van der Waals surface area (Å²) in [6.45, 7) is 3.35. The molecule has 0 spiro atoms. The zero-order valence-electron chi connectivity index (χ0n) is 8.44. The molecular weight excluding hydrogens is 180 g/mol. The minimum atomic E-state index is -0.829. The molecule has 0 N–H and O–H groups in total. The lowest BCUT2D eigenvalue weighted by molar-refractivity contribution is 0.0665. The number of hydrogen-bond donors (Lipinski definition) is 0. The highest BCUT2D eigenvalue weighted by atomic mass is 16.3. The van der Waals surface area contributed by atoms with Crippen LogP contribution >= 0.6 is 0 Å². The van der Waals surface area contributed by atoms with Gasteiger partial charge in [-0.2, -0.15) is 5.26 Å². The molecule has 1 rings (SSSR count). The summed E-state index contributed by atoms with van der Waals surface area (Å²) < 4.78 is 4.96. The van der Waals surface area contributed by atoms with Crippen LogP contribution in [0.15, 0.2) is 22.8 Å². The minimum absolute atomic E-state index is 0.246. The van der Waals surface area contributed by atoms with E-state index in [1.807, 2.05) is 6.07 Å². The fourth-order valence-corrected chi connectivity index (χ4v) is 0.894. The zero-order chi connectivity index (χ0) is 10.8. The van der Waals surface area contributed by atoms with Crippen LogP contribution in [-0.4, -0.2) is 23.4 Å². The van der Waals surface area contributed by atoms with E-state index in [2.05, 4.69) is 0 Å². The predicted octanol–water partition coefficient (Wildman–Crippen LogP) is 1.65. The third-order valence-electron chi connectivity index (χ3n) is 2.15. The average Bonchev–Trinajstić information content (AvgIpc) is 2.68. The maximum atomic E-state index is 11.7. The van der Waals surface area contributed by atoms with Gasteiger partial charge in [0, 0.05) is 7.05 Å². The SMILES string of the molecule is CN(C(=O)c1ccco1)C(C)(C)C#N. The maximum absolute atomic E-state index is 11.7. The second-order valence-corrected chi connectivity index (χ2v) is 3.51. The summed E-state index contributed by atoms with van der Waals surface area (Å²) in [6.07, 6.45) is 1.43. The fourth-order valence-electron chi connectivity index (χ4n) is 0.894. The molecule has 0 aliphatic carbocycles. The van der Waals surface area contributed by atoms with Gasteiger partial charge >= 0.3 is 0 Å². The van der Waals surface area contributed by atoms with E-state index in [1.165, 1.54) is 11.2 Å². The Morgan fingerprint density at radius 3 is 2.71 bits per heavy atom. The summed E-state index contributed by atoms with van der Waals surface area (Å²) in [5.41, 5.74) is -0.829. The normalized spacial score (nSPS) is 10.7. The van der Waals surface area contributed by atoms with Gasteiger partial charge in [0.15, 0.2) is 5.76 Å². The molecule has 4 heteroatoms. The number of nitrogens with zero attached hydrogens (tertiary/aromatic N) is 2. The molecule has 74 valence electrons. The first-order valence-electron chi connectivity index (χ1n) is 4.22. The van der Waals surface area contributed by atoms with Crippen molar-refractivity contribution in [2.45, 2.75) is 19.4 Å². The van der Waals surface area contributed by atoms with Gasteiger partial charge in [0.05, 0.1) is 12.3 Å². The van der Waals surface area contributed by atoms with Crippen LogP contribution < -0.4 is 0 Å². The van der Waals surface area contributed by atoms with E-state index in [0.717, 1.165) is 0 Å². The van der Waals surface area contributed by atoms with Gasteiger partial charge in [-0.1, -0.05) is 0 Å². The van der Waals surface area contributed by atoms with E-state index < -0.39 is 5.54 Å². The molecule has 0 fully saturated rings. The van der Waals surface area contributed by atoms with Crippen molar-refractivity contribution >= 4 is 5.91 Å². The Hall–Kier alpha value is -1.76. The summed E-state index contributed by atoms with van der Waals surface area (Å²) in [6, 6.07) is 5.26. The van der Waals surface area contributed by atoms with Crippen LogP contribution in [0.2, 0.25) is 0 Å². The van der Waals surface area contributed by atoms with Crippen LogP contribution in [-0.2, 0) is 0 Å². The molecule has 0 aromatic carbocycles. The van der Waals surface area contributed by atoms with Gasteiger partial charge in [-0.3, -0.25) is 4.79 Å². The summed E-state index contributed by atoms with van der Waals surface area (Å²) in [4.78, 5) is 13.0. The van der Waals surface area contributed by atoms with Gasteiger partial charge in [-0.05, 0) is 26.0 Å². The number of carbonyl (C=O) groups excluding carboxylic acids is 1. The van der Waals surface area contributed by atoms with Crippen LogP contribution in [0, 0.1) is 11.3 Å². The molecule has 1 amide bonds. The van der Waals surface area contributed by atoms with E-state index in [0.29, 0.717) is 0 Å². The van der Waals surface area contributed by atoms with Crippen molar-refractivity contribution in [2.24, 2.45) is 0 Å². The lowest BCUT2D eigenvalue weighted by Gasteiger charge is -2.28. The molecule has 14 heavy (non-hydrogen) atoms. The average molecular weight is 192 g/mol. The molecular formula is C10H12N2O2. The lowest BCUT2D eigenvalue weighted by Crippen LogP contribution is -2.43. The highest BCUT2D eigenvalue weighted by molar-refractivity contribution is 5.92. The van der Waals surface area contributed by atoms with Gasteiger partial charge in [-0.25, -0.2) is 0 Å². The Labute approximate surface area is 82.7 Å². The molecule has 0 bridgehead atoms. The molecule has 0 aliphatic heterocycles. The molecule has 0 radical (unpaired) electrons. The van der Waals surface area contributed by atoms with E-state index in [-0.39, 0.29) is 11.7 Å². The summed E-state index contributed by atoms with van der Waals surface area (Å²) in [5.74, 6) is -0.0441. The quantitative estimate of drug-likeness (QED) is 0.715. The molecule has 1 aromatic heterocycles. The van der Waals surface area contributed by atoms with Crippen LogP contribution in [0.5, 0.6) is 0 Å². The summed E-state index contributed by atoms with van der Waals surface area (Å²) in [7, 11) is 1.58. The number of furan rings is 1. The summed E-state index contributed by atoms with van der Waals surface area (Å²) >= 11 is 0. The van der Waals surface area contributed by atoms with Crippen molar-refractivity contribution < 1.29 is 9.21 Å². The van der Waals surface area contributed by atoms with E-state index in [1.54, 1.807) is 33.0 Å². The molecule has 1 aromatic rings. The molecule has 0 atom stereocenters. The highest BCUT2D eigenvalue weighted by Gasteiger charge is 2.29. The first kappa shape index (κ1) is 10.3. The largest absolute Gasteiger partial charge is 0.459 e. The smallest absolute Gasteiger partial charge is 0.290 e. The van der Waals surface area contributed by atoms with E-state index in [4.69, 9.17) is 9.68 Å². The first-order chi connectivity index (χ1) is 6.49. The third kappa shape index (κ3) is 1.77. The third-order valence-corrected chi connectivity index (χ3v) is 2.15. The Kier molecular flexibility index (Phi) is 2.61. The summed E-state index contributed by atoms with van der Waals surface area (Å²) in [5, 5.41) is 8.84. The second kappa shape index (κ2) is 3.54. The van der Waals surface area contributed by atoms with Crippen LogP contribution in [0.4, 0.5) is 0 Å². The monoisotopic (exact) mass is 192 g/mol. The molecule has 0 saturated carbocycles. The highest BCUT2D eigenvalue weighted by Crippen LogP contribution is 2.14. The molecule has 0 aliphatic rings. The topological polar surface area (TPSA) is 57.2 Å². The van der Waals surface area contributed by atoms with Gasteiger partial charge in [0.25, 0.3) is 5.91 Å². The lowest BCUT2D eigenvalue weighted by atomic mass is 10.1. The van der Waals surface area contributed by atoms with Gasteiger partial charge in [-0.15, -0.1) is 0 Å². The van der Waals surface area contributed by atoms with E-state index in [9.17, 15) is 4.79 Å². The second-order valence-electron chi connectivity index (χ2n) is 3.51. The number of rotatable bonds is 2.